The zero-order valence-electron chi connectivity index (χ0n) is 10.2. The molecule has 0 aliphatic heterocycles. The average Bonchev–Trinajstić information content (AvgIpc) is 2.90. The first-order valence-corrected chi connectivity index (χ1v) is 6.77. The van der Waals surface area contributed by atoms with E-state index in [1.165, 1.54) is 5.56 Å². The quantitative estimate of drug-likeness (QED) is 0.809. The second-order valence-electron chi connectivity index (χ2n) is 3.96. The minimum absolute atomic E-state index is 0.337. The number of aromatic nitrogens is 2. The molecule has 0 saturated carbocycles. The van der Waals surface area contributed by atoms with Crippen molar-refractivity contribution < 1.29 is 0 Å². The topological polar surface area (TPSA) is 29.0 Å². The van der Waals surface area contributed by atoms with Gasteiger partial charge in [-0.15, -0.1) is 11.3 Å². The molecule has 0 saturated heterocycles. The van der Waals surface area contributed by atoms with Gasteiger partial charge in [-0.2, -0.15) is 0 Å². The molecule has 2 aromatic heterocycles. The third kappa shape index (κ3) is 2.82. The van der Waals surface area contributed by atoms with Crippen molar-refractivity contribution in [2.45, 2.75) is 26.3 Å². The van der Waals surface area contributed by atoms with Gasteiger partial charge >= 0.3 is 0 Å². The molecule has 0 amide bonds. The summed E-state index contributed by atoms with van der Waals surface area (Å²) in [6.07, 6.45) is 6.67. The smallest absolute Gasteiger partial charge is 0.185 e. The summed E-state index contributed by atoms with van der Waals surface area (Å²) in [6.45, 7) is 5.43. The zero-order valence-corrected chi connectivity index (χ0v) is 11.0. The fraction of sp³-hybridized carbons (Fsp3) is 0.385. The molecule has 2 rings (SSSR count). The SMILES string of the molecule is CCCN(c1nccs1)C(C)c1ccncc1. The van der Waals surface area contributed by atoms with Crippen LogP contribution >= 0.6 is 11.3 Å². The van der Waals surface area contributed by atoms with Crippen LogP contribution in [0.25, 0.3) is 0 Å². The third-order valence-corrected chi connectivity index (χ3v) is 3.59. The molecule has 0 bridgehead atoms. The minimum atomic E-state index is 0.337. The molecule has 0 spiro atoms. The van der Waals surface area contributed by atoms with Gasteiger partial charge in [0.15, 0.2) is 5.13 Å². The van der Waals surface area contributed by atoms with Crippen molar-refractivity contribution in [2.24, 2.45) is 0 Å². The predicted octanol–water partition coefficient (Wildman–Crippen LogP) is 3.52. The highest BCUT2D eigenvalue weighted by Crippen LogP contribution is 2.28. The Labute approximate surface area is 106 Å². The highest BCUT2D eigenvalue weighted by atomic mass is 32.1. The lowest BCUT2D eigenvalue weighted by molar-refractivity contribution is 0.656. The Kier molecular flexibility index (Phi) is 4.09. The largest absolute Gasteiger partial charge is 0.341 e. The summed E-state index contributed by atoms with van der Waals surface area (Å²) in [7, 11) is 0. The minimum Gasteiger partial charge on any atom is -0.341 e. The zero-order chi connectivity index (χ0) is 12.1. The van der Waals surface area contributed by atoms with Gasteiger partial charge in [0.25, 0.3) is 0 Å². The van der Waals surface area contributed by atoms with E-state index < -0.39 is 0 Å². The van der Waals surface area contributed by atoms with Crippen molar-refractivity contribution in [2.75, 3.05) is 11.4 Å². The molecular weight excluding hydrogens is 230 g/mol. The highest BCUT2D eigenvalue weighted by molar-refractivity contribution is 7.13. The van der Waals surface area contributed by atoms with E-state index in [0.717, 1.165) is 18.1 Å². The van der Waals surface area contributed by atoms with Crippen LogP contribution in [0.5, 0.6) is 0 Å². The lowest BCUT2D eigenvalue weighted by atomic mass is 10.1. The molecule has 2 aromatic rings. The molecule has 4 heteroatoms. The summed E-state index contributed by atoms with van der Waals surface area (Å²) in [5.41, 5.74) is 1.28. The number of anilines is 1. The van der Waals surface area contributed by atoms with Crippen LogP contribution in [-0.2, 0) is 0 Å². The second-order valence-corrected chi connectivity index (χ2v) is 4.84. The molecule has 1 unspecified atom stereocenters. The van der Waals surface area contributed by atoms with Crippen molar-refractivity contribution in [1.82, 2.24) is 9.97 Å². The van der Waals surface area contributed by atoms with Crippen molar-refractivity contribution in [3.63, 3.8) is 0 Å². The van der Waals surface area contributed by atoms with Gasteiger partial charge in [-0.05, 0) is 31.0 Å². The molecule has 0 radical (unpaired) electrons. The Hall–Kier alpha value is -1.42. The summed E-state index contributed by atoms with van der Waals surface area (Å²) in [6, 6.07) is 4.48. The van der Waals surface area contributed by atoms with E-state index in [0.29, 0.717) is 6.04 Å². The van der Waals surface area contributed by atoms with Crippen LogP contribution in [0.3, 0.4) is 0 Å². The molecule has 90 valence electrons. The number of hydrogen-bond acceptors (Lipinski definition) is 4. The standard InChI is InChI=1S/C13H17N3S/c1-3-9-16(13-15-8-10-17-13)11(2)12-4-6-14-7-5-12/h4-8,10-11H,3,9H2,1-2H3. The summed E-state index contributed by atoms with van der Waals surface area (Å²) in [5, 5.41) is 3.12. The lowest BCUT2D eigenvalue weighted by Crippen LogP contribution is -2.27. The molecule has 2 heterocycles. The van der Waals surface area contributed by atoms with Gasteiger partial charge in [-0.25, -0.2) is 4.98 Å². The molecule has 3 nitrogen and oxygen atoms in total. The van der Waals surface area contributed by atoms with Crippen LogP contribution in [0.15, 0.2) is 36.1 Å². The second kappa shape index (κ2) is 5.77. The average molecular weight is 247 g/mol. The fourth-order valence-electron chi connectivity index (χ4n) is 1.88. The predicted molar refractivity (Wildman–Crippen MR) is 72.4 cm³/mol. The van der Waals surface area contributed by atoms with Crippen LogP contribution in [0.2, 0.25) is 0 Å². The molecule has 0 aliphatic rings. The normalized spacial score (nSPS) is 12.4. The Morgan fingerprint density at radius 2 is 2.06 bits per heavy atom. The molecular formula is C13H17N3S. The molecule has 0 fully saturated rings. The van der Waals surface area contributed by atoms with Gasteiger partial charge in [-0.1, -0.05) is 6.92 Å². The van der Waals surface area contributed by atoms with E-state index in [1.807, 2.05) is 24.0 Å². The molecule has 0 aromatic carbocycles. The summed E-state index contributed by atoms with van der Waals surface area (Å²) in [4.78, 5) is 10.8. The first kappa shape index (κ1) is 12.0. The summed E-state index contributed by atoms with van der Waals surface area (Å²) < 4.78 is 0. The molecule has 0 N–H and O–H groups in total. The van der Waals surface area contributed by atoms with Crippen LogP contribution in [0, 0.1) is 0 Å². The molecule has 0 aliphatic carbocycles. The summed E-state index contributed by atoms with van der Waals surface area (Å²) >= 11 is 1.69. The van der Waals surface area contributed by atoms with Crippen molar-refractivity contribution in [1.29, 1.82) is 0 Å². The lowest BCUT2D eigenvalue weighted by Gasteiger charge is -2.28. The first-order chi connectivity index (χ1) is 8.33. The Balaban J connectivity index is 2.22. The van der Waals surface area contributed by atoms with Gasteiger partial charge in [0.1, 0.15) is 0 Å². The number of rotatable bonds is 5. The maximum absolute atomic E-state index is 4.41. The number of nitrogens with zero attached hydrogens (tertiary/aromatic N) is 3. The molecule has 17 heavy (non-hydrogen) atoms. The van der Waals surface area contributed by atoms with Crippen molar-refractivity contribution >= 4 is 16.5 Å². The van der Waals surface area contributed by atoms with Crippen molar-refractivity contribution in [3.05, 3.63) is 41.7 Å². The number of thiazole rings is 1. The number of pyridine rings is 1. The van der Waals surface area contributed by atoms with Gasteiger partial charge < -0.3 is 4.90 Å². The van der Waals surface area contributed by atoms with Gasteiger partial charge in [0, 0.05) is 30.5 Å². The van der Waals surface area contributed by atoms with Crippen molar-refractivity contribution in [3.8, 4) is 0 Å². The van der Waals surface area contributed by atoms with E-state index in [1.54, 1.807) is 11.3 Å². The fourth-order valence-corrected chi connectivity index (χ4v) is 2.63. The Morgan fingerprint density at radius 3 is 2.65 bits per heavy atom. The van der Waals surface area contributed by atoms with Crippen LogP contribution in [-0.4, -0.2) is 16.5 Å². The monoisotopic (exact) mass is 247 g/mol. The van der Waals surface area contributed by atoms with Gasteiger partial charge in [-0.3, -0.25) is 4.98 Å². The van der Waals surface area contributed by atoms with E-state index in [2.05, 4.69) is 40.8 Å². The van der Waals surface area contributed by atoms with Gasteiger partial charge in [0.2, 0.25) is 0 Å². The Bertz CT molecular complexity index is 427. The van der Waals surface area contributed by atoms with E-state index in [-0.39, 0.29) is 0 Å². The highest BCUT2D eigenvalue weighted by Gasteiger charge is 2.17. The third-order valence-electron chi connectivity index (χ3n) is 2.79. The Morgan fingerprint density at radius 1 is 1.29 bits per heavy atom. The van der Waals surface area contributed by atoms with E-state index >= 15 is 0 Å². The first-order valence-electron chi connectivity index (χ1n) is 5.89. The van der Waals surface area contributed by atoms with Gasteiger partial charge in [0.05, 0.1) is 6.04 Å². The van der Waals surface area contributed by atoms with Crippen LogP contribution in [0.4, 0.5) is 5.13 Å². The maximum Gasteiger partial charge on any atom is 0.185 e. The van der Waals surface area contributed by atoms with E-state index in [4.69, 9.17) is 0 Å². The van der Waals surface area contributed by atoms with E-state index in [9.17, 15) is 0 Å². The number of hydrogen-bond donors (Lipinski definition) is 0. The van der Waals surface area contributed by atoms with Crippen LogP contribution in [0.1, 0.15) is 31.9 Å². The van der Waals surface area contributed by atoms with Crippen LogP contribution < -0.4 is 4.90 Å². The maximum atomic E-state index is 4.41. The summed E-state index contributed by atoms with van der Waals surface area (Å²) in [5.74, 6) is 0. The molecule has 1 atom stereocenters.